The second kappa shape index (κ2) is 15.9. The lowest BCUT2D eigenvalue weighted by molar-refractivity contribution is 0.0683. The fraction of sp³-hybridized carbons (Fsp3) is 0.459. The first-order valence-corrected chi connectivity index (χ1v) is 17.7. The highest BCUT2D eigenvalue weighted by Gasteiger charge is 2.56. The zero-order valence-corrected chi connectivity index (χ0v) is 29.1. The number of hydrogen-bond acceptors (Lipinski definition) is 13. The van der Waals surface area contributed by atoms with Crippen molar-refractivity contribution >= 4 is 45.5 Å². The summed E-state index contributed by atoms with van der Waals surface area (Å²) in [4.78, 5) is 50.9. The molecule has 57 heavy (non-hydrogen) atoms. The van der Waals surface area contributed by atoms with Crippen molar-refractivity contribution in [3.8, 4) is 0 Å². The molecule has 0 amide bonds. The molecular formula is C37H43F4N11O5. The number of hydrogen-bond donors (Lipinski definition) is 4. The van der Waals surface area contributed by atoms with Gasteiger partial charge in [0, 0.05) is 87.1 Å². The lowest BCUT2D eigenvalue weighted by Crippen LogP contribution is -2.31. The molecule has 6 aromatic heterocycles. The van der Waals surface area contributed by atoms with Gasteiger partial charge in [0.15, 0.2) is 17.2 Å². The predicted molar refractivity (Wildman–Crippen MR) is 199 cm³/mol. The highest BCUT2D eigenvalue weighted by molar-refractivity contribution is 5.96. The van der Waals surface area contributed by atoms with Gasteiger partial charge < -0.3 is 39.7 Å². The number of carbonyl (C=O) groups is 2. The van der Waals surface area contributed by atoms with Crippen molar-refractivity contribution in [3.63, 3.8) is 0 Å². The summed E-state index contributed by atoms with van der Waals surface area (Å²) in [5.41, 5.74) is 8.03. The third-order valence-electron chi connectivity index (χ3n) is 10.3. The van der Waals surface area contributed by atoms with E-state index in [0.717, 1.165) is 39.3 Å². The highest BCUT2D eigenvalue weighted by atomic mass is 19.3. The number of aromatic carboxylic acids is 1. The second-order valence-corrected chi connectivity index (χ2v) is 13.9. The molecule has 10 rings (SSSR count). The number of aromatic amines is 2. The fourth-order valence-electron chi connectivity index (χ4n) is 6.92. The molecule has 2 unspecified atom stereocenters. The van der Waals surface area contributed by atoms with E-state index >= 15 is 0 Å². The van der Waals surface area contributed by atoms with Crippen LogP contribution in [0.4, 0.5) is 29.2 Å². The third-order valence-corrected chi connectivity index (χ3v) is 10.3. The average molecular weight is 798 g/mol. The Labute approximate surface area is 323 Å². The van der Waals surface area contributed by atoms with Crippen molar-refractivity contribution in [1.82, 2.24) is 40.2 Å². The van der Waals surface area contributed by atoms with Gasteiger partial charge in [-0.3, -0.25) is 4.79 Å². The van der Waals surface area contributed by atoms with Crippen LogP contribution in [0.1, 0.15) is 84.2 Å². The van der Waals surface area contributed by atoms with E-state index in [1.54, 1.807) is 12.4 Å². The molecule has 304 valence electrons. The minimum absolute atomic E-state index is 0. The summed E-state index contributed by atoms with van der Waals surface area (Å²) >= 11 is 0. The molecule has 4 aliphatic rings. The van der Waals surface area contributed by atoms with Crippen molar-refractivity contribution in [1.29, 1.82) is 0 Å². The van der Waals surface area contributed by atoms with Crippen LogP contribution in [0.2, 0.25) is 0 Å². The van der Waals surface area contributed by atoms with Gasteiger partial charge in [-0.05, 0) is 18.6 Å². The number of nitrogens with one attached hydrogen (secondary N) is 2. The van der Waals surface area contributed by atoms with Crippen molar-refractivity contribution < 1.29 is 41.3 Å². The van der Waals surface area contributed by atoms with Gasteiger partial charge >= 0.3 is 5.97 Å². The Bertz CT molecular complexity index is 2370. The molecule has 2 atom stereocenters. The summed E-state index contributed by atoms with van der Waals surface area (Å²) < 4.78 is 60.0. The van der Waals surface area contributed by atoms with Gasteiger partial charge in [0.2, 0.25) is 0 Å². The number of alkyl halides is 4. The lowest BCUT2D eigenvalue weighted by Gasteiger charge is -2.27. The Hall–Kier alpha value is -5.92. The summed E-state index contributed by atoms with van der Waals surface area (Å²) in [6, 6.07) is 3.82. The Morgan fingerprint density at radius 2 is 1.26 bits per heavy atom. The van der Waals surface area contributed by atoms with Crippen LogP contribution >= 0.6 is 0 Å². The number of ketones is 1. The van der Waals surface area contributed by atoms with Gasteiger partial charge in [0.25, 0.3) is 11.8 Å². The molecule has 8 heterocycles. The minimum Gasteiger partial charge on any atom is -0.476 e. The first-order chi connectivity index (χ1) is 26.4. The van der Waals surface area contributed by atoms with Gasteiger partial charge in [-0.1, -0.05) is 25.2 Å². The minimum atomic E-state index is -2.60. The first-order valence-electron chi connectivity index (χ1n) is 17.7. The molecule has 0 bridgehead atoms. The van der Waals surface area contributed by atoms with E-state index in [2.05, 4.69) is 45.1 Å². The van der Waals surface area contributed by atoms with Gasteiger partial charge in [-0.15, -0.1) is 0 Å². The van der Waals surface area contributed by atoms with E-state index in [1.807, 2.05) is 17.0 Å². The maximum Gasteiger partial charge on any atom is 0.358 e. The number of aromatic nitrogens is 8. The number of anilines is 2. The number of rotatable bonds is 8. The highest BCUT2D eigenvalue weighted by Crippen LogP contribution is 2.51. The summed E-state index contributed by atoms with van der Waals surface area (Å²) in [6.07, 6.45) is 7.95. The molecule has 6 aromatic rings. The SMILES string of the molecule is C.C.NCC1CC1(F)F.O=C(CCC1CC1(F)F)c1noc2c1CN(c1ncnc3[nH]ccc13)CC2.O=C(O)c1noc2c1CN(c1ncnc3[nH]ccc13)CC2. The quantitative estimate of drug-likeness (QED) is 0.0994. The molecule has 20 heteroatoms. The van der Waals surface area contributed by atoms with Crippen molar-refractivity contribution in [2.75, 3.05) is 29.4 Å². The largest absolute Gasteiger partial charge is 0.476 e. The molecule has 5 N–H and O–H groups in total. The van der Waals surface area contributed by atoms with Gasteiger partial charge in [0.05, 0.1) is 23.9 Å². The van der Waals surface area contributed by atoms with Crippen LogP contribution in [0, 0.1) is 11.8 Å². The topological polar surface area (TPSA) is 222 Å². The van der Waals surface area contributed by atoms with Crippen LogP contribution in [-0.2, 0) is 25.9 Å². The number of Topliss-reactive ketones (excluding diaryl/α,β-unsaturated/α-hetero) is 1. The van der Waals surface area contributed by atoms with Crippen LogP contribution < -0.4 is 15.5 Å². The number of nitrogens with two attached hydrogens (primary N) is 1. The smallest absolute Gasteiger partial charge is 0.358 e. The van der Waals surface area contributed by atoms with E-state index in [-0.39, 0.29) is 64.3 Å². The van der Waals surface area contributed by atoms with Crippen LogP contribution in [-0.4, -0.2) is 88.6 Å². The number of nitrogens with zero attached hydrogens (tertiary/aromatic N) is 8. The van der Waals surface area contributed by atoms with E-state index in [4.69, 9.17) is 19.9 Å². The third kappa shape index (κ3) is 8.16. The van der Waals surface area contributed by atoms with Gasteiger partial charge in [0.1, 0.15) is 47.1 Å². The molecule has 2 aliphatic heterocycles. The van der Waals surface area contributed by atoms with Crippen LogP contribution in [0.3, 0.4) is 0 Å². The van der Waals surface area contributed by atoms with Gasteiger partial charge in [-0.2, -0.15) is 0 Å². The number of halogens is 4. The number of carbonyl (C=O) groups excluding carboxylic acids is 1. The zero-order chi connectivity index (χ0) is 38.5. The lowest BCUT2D eigenvalue weighted by atomic mass is 10.0. The average Bonchev–Trinajstić information content (AvgIpc) is 3.66. The Morgan fingerprint density at radius 3 is 1.70 bits per heavy atom. The molecule has 2 saturated carbocycles. The summed E-state index contributed by atoms with van der Waals surface area (Å²) in [5.74, 6) is -4.61. The van der Waals surface area contributed by atoms with Crippen molar-refractivity contribution in [2.45, 2.75) is 78.3 Å². The predicted octanol–water partition coefficient (Wildman–Crippen LogP) is 6.21. The molecule has 0 spiro atoms. The Balaban J connectivity index is 0.000000163. The molecule has 0 radical (unpaired) electrons. The maximum absolute atomic E-state index is 13.0. The number of fused-ring (bicyclic) bond motifs is 4. The second-order valence-electron chi connectivity index (χ2n) is 13.9. The normalized spacial score (nSPS) is 19.5. The van der Waals surface area contributed by atoms with E-state index in [9.17, 15) is 27.2 Å². The van der Waals surface area contributed by atoms with Crippen LogP contribution in [0.5, 0.6) is 0 Å². The Morgan fingerprint density at radius 1 is 0.789 bits per heavy atom. The van der Waals surface area contributed by atoms with E-state index in [1.165, 1.54) is 12.7 Å². The zero-order valence-electron chi connectivity index (χ0n) is 29.1. The van der Waals surface area contributed by atoms with E-state index in [0.29, 0.717) is 56.1 Å². The monoisotopic (exact) mass is 797 g/mol. The number of carboxylic acids is 1. The summed E-state index contributed by atoms with van der Waals surface area (Å²) in [6.45, 7) is 2.36. The Kier molecular flexibility index (Phi) is 11.4. The molecule has 2 fully saturated rings. The standard InChI is InChI=1S/C18H17F2N5O2.C13H11N5O3.C4H7F2N.2CH4/c19-18(20)7-10(18)1-2-13(26)15-12-8-25(6-4-14(12)27-24-15)17-11-3-5-21-16(11)22-9-23-17;19-13(20)10-8-5-18(4-2-9(8)21-17-10)12-7-1-3-14-11(7)15-6-16-12;5-4(6)1-3(4)2-7;;/h3,5,9-10H,1-2,4,6-8H2,(H,21,22,23);1,3,6H,2,4-5H2,(H,19,20)(H,14,15,16);3H,1-2,7H2;2*1H4. The number of carboxylic acid groups (broad SMARTS) is 1. The summed E-state index contributed by atoms with van der Waals surface area (Å²) in [7, 11) is 0. The molecule has 0 saturated heterocycles. The molecule has 16 nitrogen and oxygen atoms in total. The van der Waals surface area contributed by atoms with Crippen molar-refractivity contribution in [3.05, 3.63) is 71.2 Å². The molecular weight excluding hydrogens is 754 g/mol. The first kappa shape index (κ1) is 40.7. The van der Waals surface area contributed by atoms with Gasteiger partial charge in [-0.25, -0.2) is 42.3 Å². The molecule has 2 aliphatic carbocycles. The number of H-pyrrole nitrogens is 2. The van der Waals surface area contributed by atoms with Crippen LogP contribution in [0.25, 0.3) is 22.1 Å². The van der Waals surface area contributed by atoms with Crippen molar-refractivity contribution in [2.24, 2.45) is 17.6 Å². The van der Waals surface area contributed by atoms with E-state index < -0.39 is 29.7 Å². The fourth-order valence-corrected chi connectivity index (χ4v) is 6.92. The maximum atomic E-state index is 13.0. The molecule has 0 aromatic carbocycles. The van der Waals surface area contributed by atoms with Crippen LogP contribution in [0.15, 0.2) is 46.2 Å². The summed E-state index contributed by atoms with van der Waals surface area (Å²) in [5, 5.41) is 18.5.